The lowest BCUT2D eigenvalue weighted by molar-refractivity contribution is 0.102. The molecule has 122 valence electrons. The molecule has 0 saturated carbocycles. The number of fused-ring (bicyclic) bond motifs is 1. The summed E-state index contributed by atoms with van der Waals surface area (Å²) >= 11 is 0. The predicted molar refractivity (Wildman–Crippen MR) is 97.0 cm³/mol. The quantitative estimate of drug-likeness (QED) is 0.574. The van der Waals surface area contributed by atoms with Gasteiger partial charge in [0.15, 0.2) is 0 Å². The molecule has 0 saturated heterocycles. The molecule has 0 atom stereocenters. The summed E-state index contributed by atoms with van der Waals surface area (Å²) in [6, 6.07) is 20.3. The van der Waals surface area contributed by atoms with Crippen molar-refractivity contribution in [3.8, 4) is 11.6 Å². The van der Waals surface area contributed by atoms with Crippen LogP contribution in [0.3, 0.4) is 0 Å². The molecule has 2 aromatic carbocycles. The van der Waals surface area contributed by atoms with Gasteiger partial charge in [0, 0.05) is 29.0 Å². The Morgan fingerprint density at radius 2 is 1.88 bits per heavy atom. The molecular weight excluding hydrogens is 314 g/mol. The third-order valence-electron chi connectivity index (χ3n) is 3.78. The van der Waals surface area contributed by atoms with Crippen LogP contribution in [0, 0.1) is 0 Å². The van der Waals surface area contributed by atoms with Gasteiger partial charge in [-0.3, -0.25) is 4.79 Å². The van der Waals surface area contributed by atoms with Gasteiger partial charge in [-0.1, -0.05) is 18.2 Å². The highest BCUT2D eigenvalue weighted by Crippen LogP contribution is 2.24. The third-order valence-corrected chi connectivity index (χ3v) is 3.78. The van der Waals surface area contributed by atoms with E-state index in [0.29, 0.717) is 17.0 Å². The van der Waals surface area contributed by atoms with Crippen molar-refractivity contribution in [1.82, 2.24) is 9.97 Å². The maximum Gasteiger partial charge on any atom is 0.261 e. The Kier molecular flexibility index (Phi) is 3.88. The number of anilines is 1. The monoisotopic (exact) mass is 329 g/mol. The Morgan fingerprint density at radius 3 is 2.76 bits per heavy atom. The maximum absolute atomic E-state index is 12.7. The summed E-state index contributed by atoms with van der Waals surface area (Å²) in [5.41, 5.74) is 2.11. The third kappa shape index (κ3) is 3.21. The number of nitrogens with one attached hydrogen (secondary N) is 2. The van der Waals surface area contributed by atoms with Crippen molar-refractivity contribution in [3.63, 3.8) is 0 Å². The number of aromatic nitrogens is 2. The Balaban J connectivity index is 1.59. The Morgan fingerprint density at radius 1 is 1.00 bits per heavy atom. The summed E-state index contributed by atoms with van der Waals surface area (Å²) < 4.78 is 5.75. The standard InChI is InChI=1S/C20H15N3O2/c24-19(23-15-8-9-18-14(13-15)10-12-21-18)17-7-4-11-22-20(17)25-16-5-2-1-3-6-16/h1-13,21H,(H,23,24). The fourth-order valence-electron chi connectivity index (χ4n) is 2.57. The summed E-state index contributed by atoms with van der Waals surface area (Å²) in [7, 11) is 0. The molecule has 0 fully saturated rings. The van der Waals surface area contributed by atoms with Gasteiger partial charge in [0.2, 0.25) is 5.88 Å². The number of pyridine rings is 1. The van der Waals surface area contributed by atoms with E-state index in [-0.39, 0.29) is 11.8 Å². The van der Waals surface area contributed by atoms with E-state index in [9.17, 15) is 4.79 Å². The molecule has 0 aliphatic heterocycles. The van der Waals surface area contributed by atoms with E-state index in [0.717, 1.165) is 10.9 Å². The van der Waals surface area contributed by atoms with E-state index in [2.05, 4.69) is 15.3 Å². The molecule has 2 aromatic heterocycles. The van der Waals surface area contributed by atoms with Gasteiger partial charge in [0.25, 0.3) is 5.91 Å². The molecule has 0 radical (unpaired) electrons. The average molecular weight is 329 g/mol. The lowest BCUT2D eigenvalue weighted by Crippen LogP contribution is -2.13. The van der Waals surface area contributed by atoms with Crippen molar-refractivity contribution >= 4 is 22.5 Å². The minimum atomic E-state index is -0.270. The van der Waals surface area contributed by atoms with Crippen LogP contribution in [0.4, 0.5) is 5.69 Å². The smallest absolute Gasteiger partial charge is 0.261 e. The van der Waals surface area contributed by atoms with Gasteiger partial charge < -0.3 is 15.0 Å². The van der Waals surface area contributed by atoms with Gasteiger partial charge in [-0.15, -0.1) is 0 Å². The zero-order chi connectivity index (χ0) is 17.1. The predicted octanol–water partition coefficient (Wildman–Crippen LogP) is 4.61. The number of benzene rings is 2. The maximum atomic E-state index is 12.7. The van der Waals surface area contributed by atoms with Crippen molar-refractivity contribution in [3.05, 3.63) is 84.7 Å². The molecule has 2 heterocycles. The number of carbonyl (C=O) groups is 1. The summed E-state index contributed by atoms with van der Waals surface area (Å²) in [5, 5.41) is 3.93. The van der Waals surface area contributed by atoms with Crippen molar-refractivity contribution in [1.29, 1.82) is 0 Å². The lowest BCUT2D eigenvalue weighted by atomic mass is 10.2. The van der Waals surface area contributed by atoms with Gasteiger partial charge in [0.1, 0.15) is 11.3 Å². The van der Waals surface area contributed by atoms with E-state index in [4.69, 9.17) is 4.74 Å². The van der Waals surface area contributed by atoms with Crippen LogP contribution in [0.15, 0.2) is 79.1 Å². The zero-order valence-electron chi connectivity index (χ0n) is 13.3. The number of nitrogens with zero attached hydrogens (tertiary/aromatic N) is 1. The summed E-state index contributed by atoms with van der Waals surface area (Å²) in [6.07, 6.45) is 3.46. The number of amides is 1. The van der Waals surface area contributed by atoms with Gasteiger partial charge in [-0.2, -0.15) is 0 Å². The summed E-state index contributed by atoms with van der Waals surface area (Å²) in [4.78, 5) is 20.0. The molecule has 5 heteroatoms. The summed E-state index contributed by atoms with van der Waals surface area (Å²) in [6.45, 7) is 0. The number of hydrogen-bond acceptors (Lipinski definition) is 3. The lowest BCUT2D eigenvalue weighted by Gasteiger charge is -2.10. The van der Waals surface area contributed by atoms with Gasteiger partial charge in [0.05, 0.1) is 0 Å². The largest absolute Gasteiger partial charge is 0.438 e. The number of para-hydroxylation sites is 1. The van der Waals surface area contributed by atoms with Crippen molar-refractivity contribution in [2.24, 2.45) is 0 Å². The summed E-state index contributed by atoms with van der Waals surface area (Å²) in [5.74, 6) is 0.631. The SMILES string of the molecule is O=C(Nc1ccc2[nH]ccc2c1)c1cccnc1Oc1ccccc1. The first kappa shape index (κ1) is 15.0. The zero-order valence-corrected chi connectivity index (χ0v) is 13.3. The van der Waals surface area contributed by atoms with E-state index < -0.39 is 0 Å². The number of hydrogen-bond donors (Lipinski definition) is 2. The number of aromatic amines is 1. The van der Waals surface area contributed by atoms with Crippen molar-refractivity contribution in [2.75, 3.05) is 5.32 Å². The van der Waals surface area contributed by atoms with Gasteiger partial charge in [-0.05, 0) is 48.5 Å². The number of carbonyl (C=O) groups excluding carboxylic acids is 1. The Hall–Kier alpha value is -3.60. The normalized spacial score (nSPS) is 10.6. The molecule has 4 rings (SSSR count). The topological polar surface area (TPSA) is 67.0 Å². The highest BCUT2D eigenvalue weighted by atomic mass is 16.5. The first-order chi connectivity index (χ1) is 12.3. The van der Waals surface area contributed by atoms with Crippen LogP contribution in [0.1, 0.15) is 10.4 Å². The molecule has 0 unspecified atom stereocenters. The van der Waals surface area contributed by atoms with Crippen LogP contribution in [-0.4, -0.2) is 15.9 Å². The minimum absolute atomic E-state index is 0.270. The van der Waals surface area contributed by atoms with E-state index in [1.165, 1.54) is 0 Å². The highest BCUT2D eigenvalue weighted by molar-refractivity contribution is 6.06. The number of H-pyrrole nitrogens is 1. The average Bonchev–Trinajstić information content (AvgIpc) is 3.11. The van der Waals surface area contributed by atoms with Crippen LogP contribution < -0.4 is 10.1 Å². The van der Waals surface area contributed by atoms with Crippen LogP contribution in [0.25, 0.3) is 10.9 Å². The second-order valence-electron chi connectivity index (χ2n) is 5.51. The highest BCUT2D eigenvalue weighted by Gasteiger charge is 2.14. The molecule has 0 spiro atoms. The number of rotatable bonds is 4. The molecule has 25 heavy (non-hydrogen) atoms. The van der Waals surface area contributed by atoms with Crippen LogP contribution in [-0.2, 0) is 0 Å². The molecule has 0 aliphatic carbocycles. The van der Waals surface area contributed by atoms with Crippen LogP contribution in [0.5, 0.6) is 11.6 Å². The molecule has 5 nitrogen and oxygen atoms in total. The fourth-order valence-corrected chi connectivity index (χ4v) is 2.57. The van der Waals surface area contributed by atoms with E-state index in [1.807, 2.05) is 60.8 Å². The molecule has 1 amide bonds. The second-order valence-corrected chi connectivity index (χ2v) is 5.51. The molecule has 0 bridgehead atoms. The Labute approximate surface area is 144 Å². The van der Waals surface area contributed by atoms with Gasteiger partial charge >= 0.3 is 0 Å². The molecular formula is C20H15N3O2. The van der Waals surface area contributed by atoms with E-state index >= 15 is 0 Å². The minimum Gasteiger partial charge on any atom is -0.438 e. The second kappa shape index (κ2) is 6.49. The molecule has 0 aliphatic rings. The van der Waals surface area contributed by atoms with Crippen molar-refractivity contribution in [2.45, 2.75) is 0 Å². The van der Waals surface area contributed by atoms with Gasteiger partial charge in [-0.25, -0.2) is 4.98 Å². The van der Waals surface area contributed by atoms with Crippen LogP contribution >= 0.6 is 0 Å². The number of ether oxygens (including phenoxy) is 1. The molecule has 2 N–H and O–H groups in total. The Bertz CT molecular complexity index is 1030. The fraction of sp³-hybridized carbons (Fsp3) is 0. The first-order valence-corrected chi connectivity index (χ1v) is 7.86. The molecule has 4 aromatic rings. The van der Waals surface area contributed by atoms with E-state index in [1.54, 1.807) is 18.3 Å². The van der Waals surface area contributed by atoms with Crippen LogP contribution in [0.2, 0.25) is 0 Å². The first-order valence-electron chi connectivity index (χ1n) is 7.86. The van der Waals surface area contributed by atoms with Crippen molar-refractivity contribution < 1.29 is 9.53 Å².